The van der Waals surface area contributed by atoms with Crippen LogP contribution in [0.15, 0.2) is 54.1 Å². The summed E-state index contributed by atoms with van der Waals surface area (Å²) < 4.78 is 75.0. The molecule has 0 saturated heterocycles. The number of ketones is 2. The van der Waals surface area contributed by atoms with Gasteiger partial charge in [-0.3, -0.25) is 14.5 Å². The summed E-state index contributed by atoms with van der Waals surface area (Å²) in [5.41, 5.74) is 2.52. The number of hydrogen-bond donors (Lipinski definition) is 0. The molecule has 0 saturated carbocycles. The maximum absolute atomic E-state index is 15.6. The largest absolute Gasteiger partial charge is 0.296 e. The van der Waals surface area contributed by atoms with E-state index in [9.17, 15) is 22.8 Å². The number of carbonyl (C=O) groups excluding carboxylic acids is 2. The molecule has 1 aliphatic heterocycles. The van der Waals surface area contributed by atoms with Crippen molar-refractivity contribution in [2.75, 3.05) is 4.90 Å². The lowest BCUT2D eigenvalue weighted by atomic mass is 9.74. The van der Waals surface area contributed by atoms with Crippen molar-refractivity contribution in [3.8, 4) is 11.1 Å². The van der Waals surface area contributed by atoms with Crippen LogP contribution in [0.25, 0.3) is 22.0 Å². The first-order chi connectivity index (χ1) is 23.6. The van der Waals surface area contributed by atoms with Crippen molar-refractivity contribution >= 4 is 74.2 Å². The Kier molecular flexibility index (Phi) is 7.83. The highest BCUT2D eigenvalue weighted by atomic mass is 35.5. The number of thiophene rings is 1. The third-order valence-electron chi connectivity index (χ3n) is 9.19. The molecule has 12 heteroatoms. The Balaban J connectivity index is 1.47. The lowest BCUT2D eigenvalue weighted by molar-refractivity contribution is 0.0990. The molecule has 0 amide bonds. The highest BCUT2D eigenvalue weighted by Crippen LogP contribution is 2.57. The SMILES string of the molecule is [C-]#[N+]c1cc(C)c(-c2ccc3c(c2)C(C)(C)c2cc(C=C4C(=O)c5cc(Cl)c(Cl)cc5C4=O)sc2N3c2c(F)c(F)c(F)c(F)c2F)c(C)c1. The summed E-state index contributed by atoms with van der Waals surface area (Å²) in [7, 11) is 0. The predicted molar refractivity (Wildman–Crippen MR) is 185 cm³/mol. The molecule has 0 radical (unpaired) electrons. The Morgan fingerprint density at radius 2 is 1.32 bits per heavy atom. The lowest BCUT2D eigenvalue weighted by Crippen LogP contribution is -2.30. The molecule has 250 valence electrons. The quantitative estimate of drug-likeness (QED) is 0.0463. The zero-order valence-corrected chi connectivity index (χ0v) is 28.8. The van der Waals surface area contributed by atoms with Gasteiger partial charge < -0.3 is 0 Å². The fourth-order valence-electron chi connectivity index (χ4n) is 6.79. The Morgan fingerprint density at radius 1 is 0.780 bits per heavy atom. The van der Waals surface area contributed by atoms with E-state index < -0.39 is 51.8 Å². The van der Waals surface area contributed by atoms with Crippen LogP contribution in [-0.4, -0.2) is 11.6 Å². The molecule has 7 rings (SSSR count). The van der Waals surface area contributed by atoms with Crippen LogP contribution in [0.1, 0.15) is 61.7 Å². The van der Waals surface area contributed by atoms with E-state index in [0.717, 1.165) is 32.9 Å². The maximum atomic E-state index is 15.6. The smallest absolute Gasteiger partial charge is 0.200 e. The van der Waals surface area contributed by atoms with Gasteiger partial charge in [-0.15, -0.1) is 11.3 Å². The third-order valence-corrected chi connectivity index (χ3v) is 11.0. The van der Waals surface area contributed by atoms with E-state index in [0.29, 0.717) is 27.3 Å². The molecular formula is C38H21Cl2F5N2O2S. The molecule has 0 unspecified atom stereocenters. The molecule has 0 N–H and O–H groups in total. The number of fused-ring (bicyclic) bond motifs is 3. The molecule has 0 fully saturated rings. The molecule has 1 aliphatic carbocycles. The van der Waals surface area contributed by atoms with Gasteiger partial charge in [-0.05, 0) is 72.5 Å². The van der Waals surface area contributed by atoms with E-state index >= 15 is 8.78 Å². The van der Waals surface area contributed by atoms with Crippen molar-refractivity contribution in [2.45, 2.75) is 33.1 Å². The van der Waals surface area contributed by atoms with E-state index in [2.05, 4.69) is 4.85 Å². The van der Waals surface area contributed by atoms with Crippen LogP contribution in [-0.2, 0) is 5.41 Å². The summed E-state index contributed by atoms with van der Waals surface area (Å²) in [4.78, 5) is 31.5. The van der Waals surface area contributed by atoms with Crippen LogP contribution in [0, 0.1) is 49.5 Å². The number of rotatable bonds is 3. The van der Waals surface area contributed by atoms with Crippen molar-refractivity contribution in [2.24, 2.45) is 0 Å². The van der Waals surface area contributed by atoms with E-state index in [-0.39, 0.29) is 37.4 Å². The second-order valence-corrected chi connectivity index (χ2v) is 14.4. The first kappa shape index (κ1) is 33.7. The molecular weight excluding hydrogens is 714 g/mol. The van der Waals surface area contributed by atoms with Crippen LogP contribution < -0.4 is 4.90 Å². The summed E-state index contributed by atoms with van der Waals surface area (Å²) in [5.74, 6) is -11.8. The normalized spacial score (nSPS) is 14.4. The van der Waals surface area contributed by atoms with Crippen LogP contribution in [0.5, 0.6) is 0 Å². The maximum Gasteiger partial charge on any atom is 0.200 e. The highest BCUT2D eigenvalue weighted by molar-refractivity contribution is 7.17. The number of hydrogen-bond acceptors (Lipinski definition) is 4. The molecule has 1 aromatic heterocycles. The molecule has 4 nitrogen and oxygen atoms in total. The average molecular weight is 736 g/mol. The standard InChI is InChI=1S/C38H21Cl2F5N2O2S/c1-15-8-18(46-5)9-16(2)28(15)17-6-7-27-23(10-17)38(3,4)24-12-19(11-22-35(48)20-13-25(39)26(40)14-21(20)36(22)49)50-37(24)47(27)34-32(44)30(42)29(41)31(43)33(34)45/h6-14H,1-4H3. The Labute approximate surface area is 296 Å². The van der Waals surface area contributed by atoms with Gasteiger partial charge in [-0.25, -0.2) is 26.8 Å². The molecule has 0 spiro atoms. The van der Waals surface area contributed by atoms with Crippen molar-refractivity contribution in [3.63, 3.8) is 0 Å². The number of benzene rings is 4. The van der Waals surface area contributed by atoms with Gasteiger partial charge in [-0.1, -0.05) is 66.4 Å². The summed E-state index contributed by atoms with van der Waals surface area (Å²) in [6, 6.07) is 12.8. The number of anilines is 3. The Bertz CT molecular complexity index is 2390. The molecule has 5 aromatic rings. The van der Waals surface area contributed by atoms with Crippen LogP contribution in [0.2, 0.25) is 10.0 Å². The van der Waals surface area contributed by atoms with E-state index in [1.54, 1.807) is 36.4 Å². The summed E-state index contributed by atoms with van der Waals surface area (Å²) in [6.45, 7) is 14.8. The van der Waals surface area contributed by atoms with Crippen LogP contribution in [0.3, 0.4) is 0 Å². The number of nitrogens with zero attached hydrogens (tertiary/aromatic N) is 2. The van der Waals surface area contributed by atoms with Crippen molar-refractivity contribution in [1.82, 2.24) is 0 Å². The Hall–Kier alpha value is -4.82. The molecule has 50 heavy (non-hydrogen) atoms. The second-order valence-electron chi connectivity index (χ2n) is 12.6. The third kappa shape index (κ3) is 4.83. The zero-order chi connectivity index (χ0) is 36.1. The fourth-order valence-corrected chi connectivity index (χ4v) is 8.40. The van der Waals surface area contributed by atoms with Crippen LogP contribution >= 0.6 is 34.5 Å². The highest BCUT2D eigenvalue weighted by Gasteiger charge is 2.43. The minimum absolute atomic E-state index is 0.0651. The molecule has 0 atom stereocenters. The van der Waals surface area contributed by atoms with Gasteiger partial charge in [0.25, 0.3) is 0 Å². The number of halogens is 7. The van der Waals surface area contributed by atoms with Gasteiger partial charge >= 0.3 is 0 Å². The first-order valence-corrected chi connectivity index (χ1v) is 16.5. The number of aryl methyl sites for hydroxylation is 2. The summed E-state index contributed by atoms with van der Waals surface area (Å²) in [6.07, 6.45) is 1.34. The summed E-state index contributed by atoms with van der Waals surface area (Å²) >= 11 is 13.1. The second kappa shape index (κ2) is 11.6. The molecule has 2 aliphatic rings. The van der Waals surface area contributed by atoms with Gasteiger partial charge in [0.05, 0.1) is 27.9 Å². The predicted octanol–water partition coefficient (Wildman–Crippen LogP) is 12.2. The molecule has 2 heterocycles. The fraction of sp³-hybridized carbons (Fsp3) is 0.132. The van der Waals surface area contributed by atoms with Gasteiger partial charge in [0.1, 0.15) is 10.7 Å². The van der Waals surface area contributed by atoms with Gasteiger partial charge in [-0.2, -0.15) is 0 Å². The van der Waals surface area contributed by atoms with Crippen molar-refractivity contribution in [1.29, 1.82) is 0 Å². The number of carbonyl (C=O) groups is 2. The van der Waals surface area contributed by atoms with E-state index in [4.69, 9.17) is 29.8 Å². The first-order valence-electron chi connectivity index (χ1n) is 15.0. The van der Waals surface area contributed by atoms with Gasteiger partial charge in [0, 0.05) is 21.4 Å². The zero-order valence-electron chi connectivity index (χ0n) is 26.5. The van der Waals surface area contributed by atoms with E-state index in [1.165, 1.54) is 18.2 Å². The topological polar surface area (TPSA) is 41.7 Å². The number of allylic oxidation sites excluding steroid dienone is 1. The van der Waals surface area contributed by atoms with Crippen molar-refractivity contribution in [3.05, 3.63) is 143 Å². The monoisotopic (exact) mass is 734 g/mol. The minimum atomic E-state index is -2.29. The van der Waals surface area contributed by atoms with E-state index in [1.807, 2.05) is 27.7 Å². The number of Topliss-reactive ketones (excluding diaryl/α,β-unsaturated/α-hetero) is 2. The molecule has 0 bridgehead atoms. The van der Waals surface area contributed by atoms with Gasteiger partial charge in [0.15, 0.2) is 40.5 Å². The summed E-state index contributed by atoms with van der Waals surface area (Å²) in [5, 5.41) is 0.300. The van der Waals surface area contributed by atoms with Crippen LogP contribution in [0.4, 0.5) is 44.0 Å². The van der Waals surface area contributed by atoms with Gasteiger partial charge in [0.2, 0.25) is 5.82 Å². The Morgan fingerprint density at radius 3 is 1.86 bits per heavy atom. The molecule has 4 aromatic carbocycles. The lowest BCUT2D eigenvalue weighted by Gasteiger charge is -2.40. The average Bonchev–Trinajstić information content (AvgIpc) is 3.60. The minimum Gasteiger partial charge on any atom is -0.296 e. The van der Waals surface area contributed by atoms with Crippen molar-refractivity contribution < 1.29 is 31.5 Å².